The third-order valence-corrected chi connectivity index (χ3v) is 2.91. The van der Waals surface area contributed by atoms with Gasteiger partial charge in [-0.05, 0) is 31.8 Å². The van der Waals surface area contributed by atoms with Gasteiger partial charge >= 0.3 is 0 Å². The van der Waals surface area contributed by atoms with Crippen LogP contribution in [0.2, 0.25) is 0 Å². The van der Waals surface area contributed by atoms with Crippen LogP contribution in [0.25, 0.3) is 0 Å². The summed E-state index contributed by atoms with van der Waals surface area (Å²) >= 11 is 1.42. The zero-order valence-corrected chi connectivity index (χ0v) is 8.64. The van der Waals surface area contributed by atoms with Crippen molar-refractivity contribution in [1.29, 1.82) is 0 Å². The SMILES string of the molecule is CC1=CCC(C)(c2ncsn2)C=C1. The van der Waals surface area contributed by atoms with Crippen LogP contribution in [0.4, 0.5) is 0 Å². The first-order valence-electron chi connectivity index (χ1n) is 4.33. The minimum absolute atomic E-state index is 0.0134. The van der Waals surface area contributed by atoms with Gasteiger partial charge in [-0.25, -0.2) is 4.98 Å². The largest absolute Gasteiger partial charge is 0.227 e. The average Bonchev–Trinajstić information content (AvgIpc) is 2.63. The Balaban J connectivity index is 2.30. The Morgan fingerprint density at radius 1 is 1.54 bits per heavy atom. The van der Waals surface area contributed by atoms with Gasteiger partial charge in [0.2, 0.25) is 0 Å². The lowest BCUT2D eigenvalue weighted by atomic mass is 9.81. The van der Waals surface area contributed by atoms with Gasteiger partial charge in [0.1, 0.15) is 5.51 Å². The highest BCUT2D eigenvalue weighted by molar-refractivity contribution is 7.03. The molecule has 0 saturated heterocycles. The monoisotopic (exact) mass is 192 g/mol. The fourth-order valence-corrected chi connectivity index (χ4v) is 1.96. The molecule has 0 radical (unpaired) electrons. The van der Waals surface area contributed by atoms with Crippen molar-refractivity contribution in [2.45, 2.75) is 25.7 Å². The lowest BCUT2D eigenvalue weighted by Crippen LogP contribution is -2.21. The summed E-state index contributed by atoms with van der Waals surface area (Å²) < 4.78 is 4.29. The van der Waals surface area contributed by atoms with Gasteiger partial charge in [0.05, 0.1) is 5.41 Å². The van der Waals surface area contributed by atoms with Crippen molar-refractivity contribution < 1.29 is 0 Å². The third kappa shape index (κ3) is 1.56. The summed E-state index contributed by atoms with van der Waals surface area (Å²) in [6, 6.07) is 0. The van der Waals surface area contributed by atoms with Crippen molar-refractivity contribution >= 4 is 11.5 Å². The smallest absolute Gasteiger partial charge is 0.152 e. The summed E-state index contributed by atoms with van der Waals surface area (Å²) in [6.45, 7) is 4.29. The van der Waals surface area contributed by atoms with Crippen LogP contribution in [0, 0.1) is 0 Å². The quantitative estimate of drug-likeness (QED) is 0.683. The molecule has 0 N–H and O–H groups in total. The fourth-order valence-electron chi connectivity index (χ4n) is 1.41. The van der Waals surface area contributed by atoms with Gasteiger partial charge in [0.15, 0.2) is 5.82 Å². The van der Waals surface area contributed by atoms with Crippen LogP contribution in [0.3, 0.4) is 0 Å². The minimum Gasteiger partial charge on any atom is -0.227 e. The summed E-state index contributed by atoms with van der Waals surface area (Å²) in [6.07, 6.45) is 7.59. The zero-order chi connectivity index (χ0) is 9.31. The molecule has 0 bridgehead atoms. The Bertz CT molecular complexity index is 351. The van der Waals surface area contributed by atoms with Crippen molar-refractivity contribution in [2.24, 2.45) is 0 Å². The van der Waals surface area contributed by atoms with Crippen LogP contribution >= 0.6 is 11.5 Å². The molecule has 13 heavy (non-hydrogen) atoms. The molecule has 0 aliphatic heterocycles. The number of nitrogens with zero attached hydrogens (tertiary/aromatic N) is 2. The van der Waals surface area contributed by atoms with E-state index < -0.39 is 0 Å². The van der Waals surface area contributed by atoms with E-state index in [1.807, 2.05) is 0 Å². The van der Waals surface area contributed by atoms with Crippen LogP contribution in [0.5, 0.6) is 0 Å². The van der Waals surface area contributed by atoms with Gasteiger partial charge in [-0.1, -0.05) is 23.8 Å². The molecule has 2 nitrogen and oxygen atoms in total. The topological polar surface area (TPSA) is 25.8 Å². The maximum atomic E-state index is 4.29. The first-order chi connectivity index (χ1) is 6.21. The Kier molecular flexibility index (Phi) is 2.04. The van der Waals surface area contributed by atoms with E-state index in [4.69, 9.17) is 0 Å². The van der Waals surface area contributed by atoms with Crippen molar-refractivity contribution in [3.8, 4) is 0 Å². The lowest BCUT2D eigenvalue weighted by molar-refractivity contribution is 0.562. The summed E-state index contributed by atoms with van der Waals surface area (Å²) in [7, 11) is 0. The lowest BCUT2D eigenvalue weighted by Gasteiger charge is -2.23. The summed E-state index contributed by atoms with van der Waals surface area (Å²) in [4.78, 5) is 4.26. The molecular formula is C10H12N2S. The van der Waals surface area contributed by atoms with E-state index in [0.717, 1.165) is 12.2 Å². The molecule has 1 aromatic rings. The number of hydrogen-bond acceptors (Lipinski definition) is 3. The van der Waals surface area contributed by atoms with Gasteiger partial charge in [-0.2, -0.15) is 4.37 Å². The molecule has 3 heteroatoms. The van der Waals surface area contributed by atoms with Crippen LogP contribution in [0.1, 0.15) is 26.1 Å². The zero-order valence-electron chi connectivity index (χ0n) is 7.82. The van der Waals surface area contributed by atoms with Crippen LogP contribution in [0.15, 0.2) is 29.3 Å². The van der Waals surface area contributed by atoms with Gasteiger partial charge in [0, 0.05) is 0 Å². The van der Waals surface area contributed by atoms with E-state index in [9.17, 15) is 0 Å². The molecule has 1 heterocycles. The Hall–Kier alpha value is -0.960. The number of rotatable bonds is 1. The second-order valence-electron chi connectivity index (χ2n) is 3.66. The highest BCUT2D eigenvalue weighted by Gasteiger charge is 2.27. The first kappa shape index (κ1) is 8.63. The molecule has 2 rings (SSSR count). The molecule has 0 spiro atoms. The predicted octanol–water partition coefficient (Wildman–Crippen LogP) is 2.70. The average molecular weight is 192 g/mol. The van der Waals surface area contributed by atoms with Crippen molar-refractivity contribution in [2.75, 3.05) is 0 Å². The van der Waals surface area contributed by atoms with Crippen LogP contribution in [-0.2, 0) is 5.41 Å². The van der Waals surface area contributed by atoms with E-state index in [2.05, 4.69) is 41.4 Å². The summed E-state index contributed by atoms with van der Waals surface area (Å²) in [5.41, 5.74) is 3.13. The molecule has 0 amide bonds. The van der Waals surface area contributed by atoms with Gasteiger partial charge in [-0.3, -0.25) is 0 Å². The fraction of sp³-hybridized carbons (Fsp3) is 0.400. The molecule has 68 valence electrons. The molecule has 0 aromatic carbocycles. The maximum Gasteiger partial charge on any atom is 0.152 e. The highest BCUT2D eigenvalue weighted by atomic mass is 32.1. The molecule has 1 aromatic heterocycles. The number of aromatic nitrogens is 2. The molecule has 1 unspecified atom stereocenters. The summed E-state index contributed by atoms with van der Waals surface area (Å²) in [5, 5.41) is 0. The van der Waals surface area contributed by atoms with Crippen LogP contribution < -0.4 is 0 Å². The van der Waals surface area contributed by atoms with Gasteiger partial charge in [0.25, 0.3) is 0 Å². The molecular weight excluding hydrogens is 180 g/mol. The molecule has 1 aliphatic carbocycles. The Morgan fingerprint density at radius 2 is 2.38 bits per heavy atom. The Labute approximate surface area is 82.2 Å². The normalized spacial score (nSPS) is 27.4. The Morgan fingerprint density at radius 3 is 2.92 bits per heavy atom. The molecule has 0 saturated carbocycles. The van der Waals surface area contributed by atoms with E-state index in [0.29, 0.717) is 0 Å². The minimum atomic E-state index is 0.0134. The molecule has 0 fully saturated rings. The van der Waals surface area contributed by atoms with Gasteiger partial charge < -0.3 is 0 Å². The second kappa shape index (κ2) is 3.07. The highest BCUT2D eigenvalue weighted by Crippen LogP contribution is 2.31. The van der Waals surface area contributed by atoms with Crippen molar-refractivity contribution in [3.63, 3.8) is 0 Å². The van der Waals surface area contributed by atoms with Crippen molar-refractivity contribution in [1.82, 2.24) is 9.36 Å². The molecule has 1 aliphatic rings. The van der Waals surface area contributed by atoms with Crippen LogP contribution in [-0.4, -0.2) is 9.36 Å². The van der Waals surface area contributed by atoms with Gasteiger partial charge in [-0.15, -0.1) is 0 Å². The number of allylic oxidation sites excluding steroid dienone is 4. The molecule has 1 atom stereocenters. The van der Waals surface area contributed by atoms with E-state index >= 15 is 0 Å². The van der Waals surface area contributed by atoms with E-state index in [1.165, 1.54) is 17.1 Å². The summed E-state index contributed by atoms with van der Waals surface area (Å²) in [5.74, 6) is 0.942. The van der Waals surface area contributed by atoms with Crippen molar-refractivity contribution in [3.05, 3.63) is 35.1 Å². The predicted molar refractivity (Wildman–Crippen MR) is 54.8 cm³/mol. The standard InChI is InChI=1S/C10H12N2S/c1-8-3-5-10(2,6-4-8)9-11-7-13-12-9/h3-5,7H,6H2,1-2H3. The maximum absolute atomic E-state index is 4.29. The first-order valence-corrected chi connectivity index (χ1v) is 5.17. The second-order valence-corrected chi connectivity index (χ2v) is 4.26. The third-order valence-electron chi connectivity index (χ3n) is 2.43. The van der Waals surface area contributed by atoms with E-state index in [-0.39, 0.29) is 5.41 Å². The number of hydrogen-bond donors (Lipinski definition) is 0. The van der Waals surface area contributed by atoms with E-state index in [1.54, 1.807) is 5.51 Å².